The molecule has 1 aromatic rings. The van der Waals surface area contributed by atoms with E-state index in [9.17, 15) is 4.79 Å². The van der Waals surface area contributed by atoms with Crippen LogP contribution in [-0.4, -0.2) is 10.8 Å². The molecule has 0 radical (unpaired) electrons. The summed E-state index contributed by atoms with van der Waals surface area (Å²) in [5.41, 5.74) is 1.58. The van der Waals surface area contributed by atoms with Crippen LogP contribution in [-0.2, 0) is 0 Å². The van der Waals surface area contributed by atoms with E-state index in [1.54, 1.807) is 0 Å². The first-order chi connectivity index (χ1) is 7.27. The highest BCUT2D eigenvalue weighted by Gasteiger charge is 2.22. The van der Waals surface area contributed by atoms with Crippen LogP contribution in [0.5, 0.6) is 0 Å². The van der Waals surface area contributed by atoms with Crippen molar-refractivity contribution in [2.45, 2.75) is 39.0 Å². The van der Waals surface area contributed by atoms with Crippen LogP contribution >= 0.6 is 0 Å². The van der Waals surface area contributed by atoms with Crippen LogP contribution in [0.15, 0.2) is 18.2 Å². The Kier molecular flexibility index (Phi) is 3.14. The molecule has 0 N–H and O–H groups in total. The third-order valence-electron chi connectivity index (χ3n) is 3.12. The minimum absolute atomic E-state index is 0.230. The van der Waals surface area contributed by atoms with Crippen molar-refractivity contribution in [3.8, 4) is 0 Å². The van der Waals surface area contributed by atoms with Crippen LogP contribution < -0.4 is 0 Å². The summed E-state index contributed by atoms with van der Waals surface area (Å²) in [5, 5.41) is 0. The molecule has 1 heterocycles. The smallest absolute Gasteiger partial charge is 0.184 e. The van der Waals surface area contributed by atoms with E-state index in [4.69, 9.17) is 0 Å². The Morgan fingerprint density at radius 2 is 2.00 bits per heavy atom. The number of pyridine rings is 1. The van der Waals surface area contributed by atoms with Crippen molar-refractivity contribution in [2.75, 3.05) is 0 Å². The lowest BCUT2D eigenvalue weighted by Gasteiger charge is -2.19. The van der Waals surface area contributed by atoms with Gasteiger partial charge in [0, 0.05) is 11.6 Å². The van der Waals surface area contributed by atoms with Crippen LogP contribution in [0.3, 0.4) is 0 Å². The summed E-state index contributed by atoms with van der Waals surface area (Å²) < 4.78 is 0. The molecule has 2 rings (SSSR count). The van der Waals surface area contributed by atoms with Gasteiger partial charge in [0.15, 0.2) is 5.78 Å². The van der Waals surface area contributed by atoms with E-state index < -0.39 is 0 Å². The summed E-state index contributed by atoms with van der Waals surface area (Å²) >= 11 is 0. The Morgan fingerprint density at radius 3 is 2.67 bits per heavy atom. The van der Waals surface area contributed by atoms with Crippen LogP contribution in [0.4, 0.5) is 0 Å². The third kappa shape index (κ3) is 2.44. The molecule has 1 saturated carbocycles. The zero-order valence-electron chi connectivity index (χ0n) is 9.20. The molecule has 0 bridgehead atoms. The maximum Gasteiger partial charge on any atom is 0.184 e. The summed E-state index contributed by atoms with van der Waals surface area (Å²) in [6, 6.07) is 5.68. The molecule has 0 spiro atoms. The van der Waals surface area contributed by atoms with Gasteiger partial charge in [0.1, 0.15) is 5.69 Å². The van der Waals surface area contributed by atoms with Crippen molar-refractivity contribution in [1.82, 2.24) is 4.98 Å². The number of nitrogens with zero attached hydrogens (tertiary/aromatic N) is 1. The molecule has 0 atom stereocenters. The molecular formula is C13H17NO. The van der Waals surface area contributed by atoms with Crippen molar-refractivity contribution in [1.29, 1.82) is 0 Å². The van der Waals surface area contributed by atoms with Crippen LogP contribution in [0, 0.1) is 12.8 Å². The van der Waals surface area contributed by atoms with E-state index in [2.05, 4.69) is 4.98 Å². The Morgan fingerprint density at radius 1 is 1.27 bits per heavy atom. The highest BCUT2D eigenvalue weighted by molar-refractivity contribution is 5.96. The van der Waals surface area contributed by atoms with Gasteiger partial charge in [0.25, 0.3) is 0 Å². The molecule has 0 saturated heterocycles. The van der Waals surface area contributed by atoms with Gasteiger partial charge in [-0.3, -0.25) is 9.78 Å². The maximum absolute atomic E-state index is 12.1. The Balaban J connectivity index is 2.12. The van der Waals surface area contributed by atoms with Gasteiger partial charge in [-0.25, -0.2) is 0 Å². The Hall–Kier alpha value is -1.18. The average molecular weight is 203 g/mol. The van der Waals surface area contributed by atoms with Crippen molar-refractivity contribution < 1.29 is 4.79 Å². The first kappa shape index (κ1) is 10.3. The number of aromatic nitrogens is 1. The monoisotopic (exact) mass is 203 g/mol. The van der Waals surface area contributed by atoms with Crippen molar-refractivity contribution in [3.63, 3.8) is 0 Å². The van der Waals surface area contributed by atoms with E-state index in [-0.39, 0.29) is 11.7 Å². The molecule has 15 heavy (non-hydrogen) atoms. The molecule has 80 valence electrons. The Bertz CT molecular complexity index is 353. The highest BCUT2D eigenvalue weighted by atomic mass is 16.1. The summed E-state index contributed by atoms with van der Waals surface area (Å²) in [7, 11) is 0. The van der Waals surface area contributed by atoms with E-state index in [0.29, 0.717) is 5.69 Å². The van der Waals surface area contributed by atoms with E-state index in [1.165, 1.54) is 19.3 Å². The van der Waals surface area contributed by atoms with Crippen LogP contribution in [0.1, 0.15) is 48.3 Å². The van der Waals surface area contributed by atoms with Crippen molar-refractivity contribution in [2.24, 2.45) is 5.92 Å². The molecule has 0 aromatic carbocycles. The number of Topliss-reactive ketones (excluding diaryl/α,β-unsaturated/α-hetero) is 1. The zero-order chi connectivity index (χ0) is 10.7. The molecule has 2 heteroatoms. The molecule has 0 unspecified atom stereocenters. The van der Waals surface area contributed by atoms with Crippen molar-refractivity contribution in [3.05, 3.63) is 29.6 Å². The number of carbonyl (C=O) groups excluding carboxylic acids is 1. The zero-order valence-corrected chi connectivity index (χ0v) is 9.20. The summed E-state index contributed by atoms with van der Waals surface area (Å²) in [4.78, 5) is 16.4. The first-order valence-electron chi connectivity index (χ1n) is 5.75. The number of ketones is 1. The third-order valence-corrected chi connectivity index (χ3v) is 3.12. The molecular weight excluding hydrogens is 186 g/mol. The topological polar surface area (TPSA) is 30.0 Å². The van der Waals surface area contributed by atoms with Gasteiger partial charge in [-0.2, -0.15) is 0 Å². The number of hydrogen-bond donors (Lipinski definition) is 0. The molecule has 1 aliphatic rings. The normalized spacial score (nSPS) is 17.7. The molecule has 0 aliphatic heterocycles. The summed E-state index contributed by atoms with van der Waals surface area (Å²) in [6.45, 7) is 1.93. The second-order valence-electron chi connectivity index (χ2n) is 4.36. The van der Waals surface area contributed by atoms with Gasteiger partial charge in [-0.05, 0) is 31.9 Å². The fourth-order valence-electron chi connectivity index (χ4n) is 2.25. The Labute approximate surface area is 90.7 Å². The largest absolute Gasteiger partial charge is 0.292 e. The van der Waals surface area contributed by atoms with E-state index >= 15 is 0 Å². The van der Waals surface area contributed by atoms with E-state index in [1.807, 2.05) is 25.1 Å². The molecule has 1 aliphatic carbocycles. The van der Waals surface area contributed by atoms with Gasteiger partial charge < -0.3 is 0 Å². The van der Waals surface area contributed by atoms with Gasteiger partial charge in [0.05, 0.1) is 0 Å². The molecule has 0 amide bonds. The summed E-state index contributed by atoms with van der Waals surface area (Å²) in [6.07, 6.45) is 5.78. The highest BCUT2D eigenvalue weighted by Crippen LogP contribution is 2.26. The van der Waals surface area contributed by atoms with E-state index in [0.717, 1.165) is 18.5 Å². The first-order valence-corrected chi connectivity index (χ1v) is 5.75. The number of rotatable bonds is 2. The van der Waals surface area contributed by atoms with Gasteiger partial charge in [-0.15, -0.1) is 0 Å². The minimum Gasteiger partial charge on any atom is -0.292 e. The average Bonchev–Trinajstić information content (AvgIpc) is 2.29. The SMILES string of the molecule is Cc1cccc(C(=O)C2CCCCC2)n1. The molecule has 1 fully saturated rings. The fraction of sp³-hybridized carbons (Fsp3) is 0.538. The van der Waals surface area contributed by atoms with Gasteiger partial charge in [0.2, 0.25) is 0 Å². The quantitative estimate of drug-likeness (QED) is 0.691. The lowest BCUT2D eigenvalue weighted by Crippen LogP contribution is -2.19. The lowest BCUT2D eigenvalue weighted by molar-refractivity contribution is 0.0884. The van der Waals surface area contributed by atoms with Crippen molar-refractivity contribution >= 4 is 5.78 Å². The molecule has 1 aromatic heterocycles. The second kappa shape index (κ2) is 4.56. The standard InChI is InChI=1S/C13H17NO/c1-10-6-5-9-12(14-10)13(15)11-7-3-2-4-8-11/h5-6,9,11H,2-4,7-8H2,1H3. The number of hydrogen-bond acceptors (Lipinski definition) is 2. The van der Waals surface area contributed by atoms with Gasteiger partial charge in [-0.1, -0.05) is 25.3 Å². The predicted octanol–water partition coefficient (Wildman–Crippen LogP) is 3.15. The number of aryl methyl sites for hydroxylation is 1. The fourth-order valence-corrected chi connectivity index (χ4v) is 2.25. The second-order valence-corrected chi connectivity index (χ2v) is 4.36. The minimum atomic E-state index is 0.230. The van der Waals surface area contributed by atoms with Gasteiger partial charge >= 0.3 is 0 Å². The number of carbonyl (C=O) groups is 1. The van der Waals surface area contributed by atoms with Crippen LogP contribution in [0.2, 0.25) is 0 Å². The molecule has 2 nitrogen and oxygen atoms in total. The summed E-state index contributed by atoms with van der Waals surface area (Å²) in [5.74, 6) is 0.478. The lowest BCUT2D eigenvalue weighted by atomic mass is 9.85. The van der Waals surface area contributed by atoms with Crippen LogP contribution in [0.25, 0.3) is 0 Å². The maximum atomic E-state index is 12.1. The predicted molar refractivity (Wildman–Crippen MR) is 59.9 cm³/mol.